The Labute approximate surface area is 152 Å². The second-order valence-electron chi connectivity index (χ2n) is 6.51. The van der Waals surface area contributed by atoms with E-state index in [-0.39, 0.29) is 5.78 Å². The van der Waals surface area contributed by atoms with Crippen LogP contribution in [0.3, 0.4) is 0 Å². The number of benzene rings is 2. The van der Waals surface area contributed by atoms with Gasteiger partial charge in [-0.05, 0) is 55.6 Å². The van der Waals surface area contributed by atoms with Crippen LogP contribution in [-0.4, -0.2) is 23.9 Å². The normalized spacial score (nSPS) is 15.4. The number of carbonyl (C=O) groups excluding carboxylic acids is 1. The van der Waals surface area contributed by atoms with Gasteiger partial charge in [0.1, 0.15) is 0 Å². The lowest BCUT2D eigenvalue weighted by Crippen LogP contribution is -2.26. The predicted octanol–water partition coefficient (Wildman–Crippen LogP) is 4.59. The highest BCUT2D eigenvalue weighted by atomic mass is 35.5. The zero-order chi connectivity index (χ0) is 17.2. The minimum absolute atomic E-state index is 0.0517. The zero-order valence-electron chi connectivity index (χ0n) is 13.8. The number of pyridine rings is 1. The van der Waals surface area contributed by atoms with Crippen molar-refractivity contribution in [1.82, 2.24) is 10.3 Å². The van der Waals surface area contributed by atoms with Crippen molar-refractivity contribution in [3.63, 3.8) is 0 Å². The average molecular weight is 351 g/mol. The molecule has 0 spiro atoms. The van der Waals surface area contributed by atoms with Gasteiger partial charge in [0, 0.05) is 27.7 Å². The summed E-state index contributed by atoms with van der Waals surface area (Å²) in [6.07, 6.45) is 3.95. The van der Waals surface area contributed by atoms with Gasteiger partial charge in [-0.1, -0.05) is 41.9 Å². The fraction of sp³-hybridized carbons (Fsp3) is 0.238. The Balaban J connectivity index is 1.72. The van der Waals surface area contributed by atoms with Crippen LogP contribution in [0.2, 0.25) is 5.02 Å². The molecule has 0 atom stereocenters. The second kappa shape index (κ2) is 6.95. The molecule has 4 rings (SSSR count). The summed E-state index contributed by atoms with van der Waals surface area (Å²) in [6.45, 7) is 2.10. The summed E-state index contributed by atoms with van der Waals surface area (Å²) in [5.41, 5.74) is 3.48. The lowest BCUT2D eigenvalue weighted by atomic mass is 9.88. The fourth-order valence-corrected chi connectivity index (χ4v) is 3.76. The van der Waals surface area contributed by atoms with E-state index in [1.165, 1.54) is 5.56 Å². The number of para-hydroxylation sites is 1. The number of aromatic nitrogens is 1. The SMILES string of the molecule is O=C(c1cccc(Cl)c1)c1cnc2c(C3CCNCC3)cccc2c1. The van der Waals surface area contributed by atoms with E-state index < -0.39 is 0 Å². The van der Waals surface area contributed by atoms with E-state index in [9.17, 15) is 4.79 Å². The van der Waals surface area contributed by atoms with Gasteiger partial charge in [-0.15, -0.1) is 0 Å². The summed E-state index contributed by atoms with van der Waals surface area (Å²) in [7, 11) is 0. The summed E-state index contributed by atoms with van der Waals surface area (Å²) >= 11 is 6.01. The first-order chi connectivity index (χ1) is 12.2. The standard InChI is InChI=1S/C21H19ClN2O/c22-18-5-1-4-16(12-18)21(25)17-11-15-3-2-6-19(20(15)24-13-17)14-7-9-23-10-8-14/h1-6,11-14,23H,7-10H2. The first kappa shape index (κ1) is 16.2. The molecule has 1 fully saturated rings. The molecule has 2 aromatic carbocycles. The van der Waals surface area contributed by atoms with Gasteiger partial charge in [-0.2, -0.15) is 0 Å². The van der Waals surface area contributed by atoms with E-state index in [1.807, 2.05) is 12.1 Å². The fourth-order valence-electron chi connectivity index (χ4n) is 3.57. The smallest absolute Gasteiger partial charge is 0.194 e. The minimum Gasteiger partial charge on any atom is -0.317 e. The predicted molar refractivity (Wildman–Crippen MR) is 101 cm³/mol. The molecule has 25 heavy (non-hydrogen) atoms. The molecule has 0 unspecified atom stereocenters. The van der Waals surface area contributed by atoms with Gasteiger partial charge in [0.25, 0.3) is 0 Å². The highest BCUT2D eigenvalue weighted by Gasteiger charge is 2.19. The van der Waals surface area contributed by atoms with Crippen LogP contribution >= 0.6 is 11.6 Å². The van der Waals surface area contributed by atoms with Crippen LogP contribution < -0.4 is 5.32 Å². The van der Waals surface area contributed by atoms with Crippen molar-refractivity contribution in [2.75, 3.05) is 13.1 Å². The van der Waals surface area contributed by atoms with Gasteiger partial charge >= 0.3 is 0 Å². The first-order valence-electron chi connectivity index (χ1n) is 8.62. The van der Waals surface area contributed by atoms with Gasteiger partial charge in [-0.3, -0.25) is 9.78 Å². The molecular formula is C21H19ClN2O. The van der Waals surface area contributed by atoms with E-state index in [4.69, 9.17) is 11.6 Å². The third-order valence-corrected chi connectivity index (χ3v) is 5.11. The third-order valence-electron chi connectivity index (χ3n) is 4.87. The largest absolute Gasteiger partial charge is 0.317 e. The summed E-state index contributed by atoms with van der Waals surface area (Å²) < 4.78 is 0. The van der Waals surface area contributed by atoms with Crippen LogP contribution in [0.5, 0.6) is 0 Å². The lowest BCUT2D eigenvalue weighted by molar-refractivity contribution is 0.103. The Hall–Kier alpha value is -2.23. The lowest BCUT2D eigenvalue weighted by Gasteiger charge is -2.23. The van der Waals surface area contributed by atoms with E-state index in [0.29, 0.717) is 22.1 Å². The average Bonchev–Trinajstić information content (AvgIpc) is 2.67. The number of ketones is 1. The Kier molecular flexibility index (Phi) is 4.51. The molecule has 1 aliphatic rings. The van der Waals surface area contributed by atoms with Crippen LogP contribution in [0.15, 0.2) is 54.7 Å². The number of piperidine rings is 1. The summed E-state index contributed by atoms with van der Waals surface area (Å²) in [5, 5.41) is 4.98. The number of hydrogen-bond acceptors (Lipinski definition) is 3. The van der Waals surface area contributed by atoms with Crippen molar-refractivity contribution in [1.29, 1.82) is 0 Å². The quantitative estimate of drug-likeness (QED) is 0.703. The van der Waals surface area contributed by atoms with Crippen LogP contribution in [0.4, 0.5) is 0 Å². The van der Waals surface area contributed by atoms with E-state index in [2.05, 4.69) is 22.4 Å². The molecule has 0 saturated carbocycles. The summed E-state index contributed by atoms with van der Waals surface area (Å²) in [5.74, 6) is 0.483. The molecule has 3 aromatic rings. The van der Waals surface area contributed by atoms with E-state index in [0.717, 1.165) is 36.8 Å². The highest BCUT2D eigenvalue weighted by Crippen LogP contribution is 2.30. The van der Waals surface area contributed by atoms with Crippen molar-refractivity contribution in [2.45, 2.75) is 18.8 Å². The number of halogens is 1. The molecule has 0 radical (unpaired) electrons. The monoisotopic (exact) mass is 350 g/mol. The molecular weight excluding hydrogens is 332 g/mol. The van der Waals surface area contributed by atoms with Gasteiger partial charge in [0.2, 0.25) is 0 Å². The number of carbonyl (C=O) groups is 1. The molecule has 1 aliphatic heterocycles. The molecule has 0 aliphatic carbocycles. The Bertz CT molecular complexity index is 932. The number of fused-ring (bicyclic) bond motifs is 1. The van der Waals surface area contributed by atoms with Crippen molar-refractivity contribution >= 4 is 28.3 Å². The highest BCUT2D eigenvalue weighted by molar-refractivity contribution is 6.31. The molecule has 0 bridgehead atoms. The van der Waals surface area contributed by atoms with Crippen LogP contribution in [-0.2, 0) is 0 Å². The van der Waals surface area contributed by atoms with E-state index in [1.54, 1.807) is 30.5 Å². The molecule has 1 aromatic heterocycles. The second-order valence-corrected chi connectivity index (χ2v) is 6.94. The van der Waals surface area contributed by atoms with Gasteiger partial charge in [0.05, 0.1) is 5.52 Å². The van der Waals surface area contributed by atoms with Gasteiger partial charge in [0.15, 0.2) is 5.78 Å². The maximum Gasteiger partial charge on any atom is 0.194 e. The Morgan fingerprint density at radius 1 is 1.04 bits per heavy atom. The molecule has 0 amide bonds. The maximum absolute atomic E-state index is 12.7. The zero-order valence-corrected chi connectivity index (χ0v) is 14.6. The number of nitrogens with zero attached hydrogens (tertiary/aromatic N) is 1. The summed E-state index contributed by atoms with van der Waals surface area (Å²) in [6, 6.07) is 15.2. The van der Waals surface area contributed by atoms with Crippen LogP contribution in [0.1, 0.15) is 40.2 Å². The minimum atomic E-state index is -0.0517. The number of hydrogen-bond donors (Lipinski definition) is 1. The molecule has 4 heteroatoms. The third kappa shape index (κ3) is 3.30. The van der Waals surface area contributed by atoms with Crippen molar-refractivity contribution in [2.24, 2.45) is 0 Å². The number of rotatable bonds is 3. The van der Waals surface area contributed by atoms with Crippen molar-refractivity contribution < 1.29 is 4.79 Å². The Morgan fingerprint density at radius 3 is 2.64 bits per heavy atom. The van der Waals surface area contributed by atoms with E-state index >= 15 is 0 Å². The molecule has 1 N–H and O–H groups in total. The Morgan fingerprint density at radius 2 is 1.84 bits per heavy atom. The molecule has 2 heterocycles. The van der Waals surface area contributed by atoms with Crippen molar-refractivity contribution in [3.05, 3.63) is 76.4 Å². The maximum atomic E-state index is 12.7. The topological polar surface area (TPSA) is 42.0 Å². The molecule has 1 saturated heterocycles. The number of nitrogens with one attached hydrogen (secondary N) is 1. The molecule has 126 valence electrons. The first-order valence-corrected chi connectivity index (χ1v) is 9.00. The van der Waals surface area contributed by atoms with Crippen LogP contribution in [0, 0.1) is 0 Å². The van der Waals surface area contributed by atoms with Crippen molar-refractivity contribution in [3.8, 4) is 0 Å². The molecule has 3 nitrogen and oxygen atoms in total. The van der Waals surface area contributed by atoms with Gasteiger partial charge < -0.3 is 5.32 Å². The van der Waals surface area contributed by atoms with Gasteiger partial charge in [-0.25, -0.2) is 0 Å². The van der Waals surface area contributed by atoms with Crippen LogP contribution in [0.25, 0.3) is 10.9 Å². The summed E-state index contributed by atoms with van der Waals surface area (Å²) in [4.78, 5) is 17.4.